The van der Waals surface area contributed by atoms with Crippen molar-refractivity contribution >= 4 is 16.9 Å². The number of hydrogen-bond donors (Lipinski definition) is 0. The molecule has 0 atom stereocenters. The number of aliphatic carboxylic acids is 1. The molecule has 0 aliphatic heterocycles. The molecule has 1 aromatic heterocycles. The average Bonchev–Trinajstić information content (AvgIpc) is 2.59. The van der Waals surface area contributed by atoms with Gasteiger partial charge in [-0.3, -0.25) is 0 Å². The Labute approximate surface area is 136 Å². The minimum atomic E-state index is -1.33. The SMILES string of the molecule is COc1ccc(-c2cc(=O)oc3cc(OCC(=O)[O-])ccc23)cc1. The summed E-state index contributed by atoms with van der Waals surface area (Å²) in [7, 11) is 1.58. The molecule has 122 valence electrons. The van der Waals surface area contributed by atoms with Crippen LogP contribution in [0.15, 0.2) is 57.7 Å². The molecule has 6 nitrogen and oxygen atoms in total. The van der Waals surface area contributed by atoms with E-state index in [1.165, 1.54) is 12.1 Å². The quantitative estimate of drug-likeness (QED) is 0.662. The second-order valence-corrected chi connectivity index (χ2v) is 5.03. The molecule has 0 N–H and O–H groups in total. The Hall–Kier alpha value is -3.28. The molecule has 0 spiro atoms. The molecular formula is C18H13O6-. The molecule has 0 aliphatic rings. The highest BCUT2D eigenvalue weighted by Gasteiger charge is 2.09. The van der Waals surface area contributed by atoms with Gasteiger partial charge in [-0.15, -0.1) is 0 Å². The summed E-state index contributed by atoms with van der Waals surface area (Å²) in [4.78, 5) is 22.3. The van der Waals surface area contributed by atoms with Crippen molar-refractivity contribution in [3.63, 3.8) is 0 Å². The van der Waals surface area contributed by atoms with Gasteiger partial charge in [-0.05, 0) is 35.4 Å². The highest BCUT2D eigenvalue weighted by molar-refractivity contribution is 5.93. The van der Waals surface area contributed by atoms with Gasteiger partial charge in [-0.25, -0.2) is 4.79 Å². The zero-order valence-electron chi connectivity index (χ0n) is 12.8. The number of rotatable bonds is 5. The number of hydrogen-bond acceptors (Lipinski definition) is 6. The maximum absolute atomic E-state index is 11.8. The van der Waals surface area contributed by atoms with Gasteiger partial charge in [0.2, 0.25) is 0 Å². The van der Waals surface area contributed by atoms with Gasteiger partial charge in [0, 0.05) is 17.5 Å². The first-order chi connectivity index (χ1) is 11.6. The van der Waals surface area contributed by atoms with E-state index in [-0.39, 0.29) is 5.75 Å². The lowest BCUT2D eigenvalue weighted by atomic mass is 10.0. The van der Waals surface area contributed by atoms with Gasteiger partial charge in [-0.2, -0.15) is 0 Å². The van der Waals surface area contributed by atoms with Crippen LogP contribution in [0, 0.1) is 0 Å². The van der Waals surface area contributed by atoms with Gasteiger partial charge >= 0.3 is 5.63 Å². The third-order valence-corrected chi connectivity index (χ3v) is 3.47. The number of carbonyl (C=O) groups is 1. The lowest BCUT2D eigenvalue weighted by molar-refractivity contribution is -0.307. The van der Waals surface area contributed by atoms with Crippen LogP contribution in [0.4, 0.5) is 0 Å². The molecule has 0 radical (unpaired) electrons. The van der Waals surface area contributed by atoms with E-state index in [1.54, 1.807) is 31.4 Å². The molecule has 6 heteroatoms. The molecule has 0 fully saturated rings. The highest BCUT2D eigenvalue weighted by Crippen LogP contribution is 2.30. The molecule has 3 aromatic rings. The first kappa shape index (κ1) is 15.6. The Morgan fingerprint density at radius 3 is 2.46 bits per heavy atom. The minimum Gasteiger partial charge on any atom is -0.546 e. The smallest absolute Gasteiger partial charge is 0.336 e. The van der Waals surface area contributed by atoms with E-state index in [1.807, 2.05) is 12.1 Å². The van der Waals surface area contributed by atoms with Crippen LogP contribution in [0.3, 0.4) is 0 Å². The predicted molar refractivity (Wildman–Crippen MR) is 85.0 cm³/mol. The van der Waals surface area contributed by atoms with Crippen LogP contribution in [0.2, 0.25) is 0 Å². The standard InChI is InChI=1S/C18H14O6/c1-22-12-4-2-11(3-5-12)15-9-18(21)24-16-8-13(6-7-14(15)16)23-10-17(19)20/h2-9H,10H2,1H3,(H,19,20)/p-1. The number of methoxy groups -OCH3 is 1. The molecule has 3 rings (SSSR count). The number of carbonyl (C=O) groups excluding carboxylic acids is 1. The van der Waals surface area contributed by atoms with Crippen molar-refractivity contribution in [1.82, 2.24) is 0 Å². The van der Waals surface area contributed by atoms with Crippen molar-refractivity contribution in [1.29, 1.82) is 0 Å². The van der Waals surface area contributed by atoms with Gasteiger partial charge < -0.3 is 23.8 Å². The normalized spacial score (nSPS) is 10.5. The van der Waals surface area contributed by atoms with Gasteiger partial charge in [0.15, 0.2) is 0 Å². The topological polar surface area (TPSA) is 88.8 Å². The maximum atomic E-state index is 11.8. The van der Waals surface area contributed by atoms with E-state index < -0.39 is 18.2 Å². The van der Waals surface area contributed by atoms with Crippen molar-refractivity contribution in [2.75, 3.05) is 13.7 Å². The van der Waals surface area contributed by atoms with Crippen LogP contribution in [0.25, 0.3) is 22.1 Å². The molecule has 2 aromatic carbocycles. The van der Waals surface area contributed by atoms with Crippen LogP contribution in [0.5, 0.6) is 11.5 Å². The van der Waals surface area contributed by atoms with Gasteiger partial charge in [-0.1, -0.05) is 12.1 Å². The third kappa shape index (κ3) is 3.22. The van der Waals surface area contributed by atoms with Crippen LogP contribution in [-0.4, -0.2) is 19.7 Å². The summed E-state index contributed by atoms with van der Waals surface area (Å²) in [6.45, 7) is -0.575. The van der Waals surface area contributed by atoms with E-state index in [4.69, 9.17) is 13.9 Å². The van der Waals surface area contributed by atoms with Crippen LogP contribution in [0.1, 0.15) is 0 Å². The van der Waals surface area contributed by atoms with E-state index in [2.05, 4.69) is 0 Å². The van der Waals surface area contributed by atoms with E-state index in [0.29, 0.717) is 22.3 Å². The summed E-state index contributed by atoms with van der Waals surface area (Å²) in [6.07, 6.45) is 0. The first-order valence-corrected chi connectivity index (χ1v) is 7.12. The third-order valence-electron chi connectivity index (χ3n) is 3.47. The van der Waals surface area contributed by atoms with Crippen molar-refractivity contribution < 1.29 is 23.8 Å². The Balaban J connectivity index is 2.07. The minimum absolute atomic E-state index is 0.279. The summed E-state index contributed by atoms with van der Waals surface area (Å²) >= 11 is 0. The Morgan fingerprint density at radius 1 is 1.08 bits per heavy atom. The van der Waals surface area contributed by atoms with E-state index >= 15 is 0 Å². The van der Waals surface area contributed by atoms with Gasteiger partial charge in [0.1, 0.15) is 23.7 Å². The monoisotopic (exact) mass is 325 g/mol. The second kappa shape index (κ2) is 6.45. The van der Waals surface area contributed by atoms with Crippen LogP contribution < -0.4 is 20.2 Å². The second-order valence-electron chi connectivity index (χ2n) is 5.03. The molecule has 0 amide bonds. The highest BCUT2D eigenvalue weighted by atomic mass is 16.5. The predicted octanol–water partition coefficient (Wildman–Crippen LogP) is 1.60. The summed E-state index contributed by atoms with van der Waals surface area (Å²) in [5.41, 5.74) is 1.34. The maximum Gasteiger partial charge on any atom is 0.336 e. The molecule has 0 unspecified atom stereocenters. The molecular weight excluding hydrogens is 312 g/mol. The number of ether oxygens (including phenoxy) is 2. The first-order valence-electron chi connectivity index (χ1n) is 7.12. The lowest BCUT2D eigenvalue weighted by Gasteiger charge is -2.10. The molecule has 24 heavy (non-hydrogen) atoms. The van der Waals surface area contributed by atoms with Gasteiger partial charge in [0.05, 0.1) is 13.1 Å². The summed E-state index contributed by atoms with van der Waals surface area (Å²) < 4.78 is 15.4. The van der Waals surface area contributed by atoms with E-state index in [9.17, 15) is 14.7 Å². The Morgan fingerprint density at radius 2 is 1.79 bits per heavy atom. The fourth-order valence-electron chi connectivity index (χ4n) is 2.38. The number of fused-ring (bicyclic) bond motifs is 1. The Kier molecular flexibility index (Phi) is 4.20. The largest absolute Gasteiger partial charge is 0.546 e. The van der Waals surface area contributed by atoms with Crippen molar-refractivity contribution in [2.24, 2.45) is 0 Å². The van der Waals surface area contributed by atoms with Crippen molar-refractivity contribution in [3.05, 3.63) is 59.0 Å². The lowest BCUT2D eigenvalue weighted by Crippen LogP contribution is -2.28. The Bertz CT molecular complexity index is 940. The summed E-state index contributed by atoms with van der Waals surface area (Å²) in [5.74, 6) is -0.339. The molecule has 0 bridgehead atoms. The molecule has 0 saturated heterocycles. The summed E-state index contributed by atoms with van der Waals surface area (Å²) in [5, 5.41) is 11.2. The zero-order valence-corrected chi connectivity index (χ0v) is 12.8. The van der Waals surface area contributed by atoms with Gasteiger partial charge in [0.25, 0.3) is 0 Å². The van der Waals surface area contributed by atoms with Crippen molar-refractivity contribution in [2.45, 2.75) is 0 Å². The van der Waals surface area contributed by atoms with Crippen LogP contribution in [-0.2, 0) is 4.79 Å². The fourth-order valence-corrected chi connectivity index (χ4v) is 2.38. The molecule has 0 aliphatic carbocycles. The van der Waals surface area contributed by atoms with E-state index in [0.717, 1.165) is 5.56 Å². The average molecular weight is 325 g/mol. The number of carboxylic acid groups (broad SMARTS) is 1. The molecule has 0 saturated carbocycles. The fraction of sp³-hybridized carbons (Fsp3) is 0.111. The van der Waals surface area contributed by atoms with Crippen LogP contribution >= 0.6 is 0 Å². The number of carboxylic acids is 1. The number of benzene rings is 2. The van der Waals surface area contributed by atoms with Crippen molar-refractivity contribution in [3.8, 4) is 22.6 Å². The zero-order chi connectivity index (χ0) is 17.1. The molecule has 1 heterocycles. The summed E-state index contributed by atoms with van der Waals surface area (Å²) in [6, 6.07) is 13.5.